The zero-order valence-electron chi connectivity index (χ0n) is 9.49. The summed E-state index contributed by atoms with van der Waals surface area (Å²) in [6.45, 7) is -0.208. The number of carbonyl (C=O) groups is 1. The number of ether oxygens (including phenoxy) is 1. The molecule has 0 saturated heterocycles. The molecule has 15 heavy (non-hydrogen) atoms. The Bertz CT molecular complexity index is 158. The number of carboxylic acid groups (broad SMARTS) is 1. The second-order valence-electron chi connectivity index (χ2n) is 3.48. The van der Waals surface area contributed by atoms with E-state index in [9.17, 15) is 4.79 Å². The molecular formula is C10H21NO3S. The van der Waals surface area contributed by atoms with Crippen LogP contribution in [-0.2, 0) is 9.53 Å². The van der Waals surface area contributed by atoms with Crippen LogP contribution in [0.1, 0.15) is 32.1 Å². The molecule has 90 valence electrons. The van der Waals surface area contributed by atoms with E-state index in [1.54, 1.807) is 11.9 Å². The number of methoxy groups -OCH3 is 1. The molecule has 0 aromatic carbocycles. The Hall–Kier alpha value is -0.260. The first-order valence-electron chi connectivity index (χ1n) is 5.20. The zero-order valence-corrected chi connectivity index (χ0v) is 10.3. The highest BCUT2D eigenvalue weighted by Crippen LogP contribution is 2.18. The molecule has 1 fully saturated rings. The van der Waals surface area contributed by atoms with Gasteiger partial charge in [-0.25, -0.2) is 4.79 Å². The van der Waals surface area contributed by atoms with Crippen LogP contribution in [0, 0.1) is 0 Å². The van der Waals surface area contributed by atoms with Crippen LogP contribution in [0.15, 0.2) is 0 Å². The lowest BCUT2D eigenvalue weighted by Crippen LogP contribution is -2.24. The van der Waals surface area contributed by atoms with Crippen molar-refractivity contribution in [3.8, 4) is 0 Å². The standard InChI is InChI=1S/C7H15NS.C3H6O3/c1-9-8-7-5-3-2-4-6-7;1-6-2-3(4)5/h7-8H,2-6H2,1H3;2H2,1H3,(H,4,5). The first-order chi connectivity index (χ1) is 7.20. The fourth-order valence-corrected chi connectivity index (χ4v) is 2.08. The number of aliphatic carboxylic acids is 1. The second kappa shape index (κ2) is 10.3. The molecule has 1 rings (SSSR count). The number of nitrogens with one attached hydrogen (secondary N) is 1. The quantitative estimate of drug-likeness (QED) is 0.729. The van der Waals surface area contributed by atoms with Crippen molar-refractivity contribution in [2.75, 3.05) is 20.0 Å². The maximum atomic E-state index is 9.47. The van der Waals surface area contributed by atoms with E-state index in [4.69, 9.17) is 5.11 Å². The first kappa shape index (κ1) is 14.7. The Morgan fingerprint density at radius 1 is 1.47 bits per heavy atom. The van der Waals surface area contributed by atoms with Crippen LogP contribution in [0.5, 0.6) is 0 Å². The normalized spacial score (nSPS) is 16.7. The summed E-state index contributed by atoms with van der Waals surface area (Å²) in [4.78, 5) is 9.47. The van der Waals surface area contributed by atoms with Gasteiger partial charge in [0.25, 0.3) is 0 Å². The summed E-state index contributed by atoms with van der Waals surface area (Å²) in [7, 11) is 1.34. The maximum Gasteiger partial charge on any atom is 0.329 e. The predicted molar refractivity (Wildman–Crippen MR) is 63.0 cm³/mol. The largest absolute Gasteiger partial charge is 0.480 e. The second-order valence-corrected chi connectivity index (χ2v) is 4.13. The number of carboxylic acids is 1. The Balaban J connectivity index is 0.000000288. The molecule has 0 radical (unpaired) electrons. The Kier molecular flexibility index (Phi) is 10.1. The van der Waals surface area contributed by atoms with Crippen LogP contribution in [0.4, 0.5) is 0 Å². The minimum Gasteiger partial charge on any atom is -0.480 e. The smallest absolute Gasteiger partial charge is 0.329 e. The highest BCUT2D eigenvalue weighted by atomic mass is 32.2. The van der Waals surface area contributed by atoms with Gasteiger partial charge in [0.1, 0.15) is 6.61 Å². The topological polar surface area (TPSA) is 58.6 Å². The van der Waals surface area contributed by atoms with E-state index in [0.29, 0.717) is 0 Å². The van der Waals surface area contributed by atoms with Gasteiger partial charge in [0.2, 0.25) is 0 Å². The SMILES string of the molecule is COCC(=O)O.CSNC1CCCCC1. The summed E-state index contributed by atoms with van der Waals surface area (Å²) in [5, 5.41) is 7.79. The average molecular weight is 235 g/mol. The number of rotatable bonds is 4. The van der Waals surface area contributed by atoms with Gasteiger partial charge >= 0.3 is 5.97 Å². The van der Waals surface area contributed by atoms with Crippen molar-refractivity contribution in [3.63, 3.8) is 0 Å². The molecule has 2 N–H and O–H groups in total. The lowest BCUT2D eigenvalue weighted by molar-refractivity contribution is -0.141. The van der Waals surface area contributed by atoms with Gasteiger partial charge in [-0.05, 0) is 19.1 Å². The van der Waals surface area contributed by atoms with Gasteiger partial charge in [-0.15, -0.1) is 0 Å². The molecule has 4 nitrogen and oxygen atoms in total. The van der Waals surface area contributed by atoms with Crippen LogP contribution in [0.25, 0.3) is 0 Å². The zero-order chi connectivity index (χ0) is 11.5. The van der Waals surface area contributed by atoms with Gasteiger partial charge in [0, 0.05) is 13.2 Å². The highest BCUT2D eigenvalue weighted by Gasteiger charge is 2.10. The van der Waals surface area contributed by atoms with Gasteiger partial charge in [-0.2, -0.15) is 0 Å². The third-order valence-corrected chi connectivity index (χ3v) is 2.73. The lowest BCUT2D eigenvalue weighted by Gasteiger charge is -2.20. The van der Waals surface area contributed by atoms with Gasteiger partial charge in [-0.3, -0.25) is 4.72 Å². The Labute approximate surface area is 95.9 Å². The minimum absolute atomic E-state index is 0.208. The van der Waals surface area contributed by atoms with Crippen molar-refractivity contribution in [3.05, 3.63) is 0 Å². The monoisotopic (exact) mass is 235 g/mol. The van der Waals surface area contributed by atoms with Crippen molar-refractivity contribution >= 4 is 17.9 Å². The first-order valence-corrected chi connectivity index (χ1v) is 6.42. The van der Waals surface area contributed by atoms with E-state index in [-0.39, 0.29) is 6.61 Å². The van der Waals surface area contributed by atoms with Gasteiger partial charge < -0.3 is 9.84 Å². The average Bonchev–Trinajstić information content (AvgIpc) is 2.20. The van der Waals surface area contributed by atoms with Crippen LogP contribution in [0.2, 0.25) is 0 Å². The van der Waals surface area contributed by atoms with Crippen LogP contribution >= 0.6 is 11.9 Å². The summed E-state index contributed by atoms with van der Waals surface area (Å²) >= 11 is 1.76. The molecule has 0 aliphatic heterocycles. The molecule has 1 aliphatic rings. The van der Waals surface area contributed by atoms with Crippen molar-refractivity contribution in [2.24, 2.45) is 0 Å². The molecule has 0 bridgehead atoms. The van der Waals surface area contributed by atoms with Gasteiger partial charge in [-0.1, -0.05) is 31.2 Å². The molecule has 0 aromatic heterocycles. The number of hydrogen-bond donors (Lipinski definition) is 2. The summed E-state index contributed by atoms with van der Waals surface area (Å²) < 4.78 is 7.60. The van der Waals surface area contributed by atoms with E-state index in [0.717, 1.165) is 6.04 Å². The molecule has 0 amide bonds. The van der Waals surface area contributed by atoms with E-state index >= 15 is 0 Å². The molecule has 1 aliphatic carbocycles. The molecular weight excluding hydrogens is 214 g/mol. The Morgan fingerprint density at radius 2 is 2.07 bits per heavy atom. The third kappa shape index (κ3) is 10.0. The van der Waals surface area contributed by atoms with E-state index in [2.05, 4.69) is 15.7 Å². The van der Waals surface area contributed by atoms with Crippen molar-refractivity contribution in [2.45, 2.75) is 38.1 Å². The summed E-state index contributed by atoms with van der Waals surface area (Å²) in [6, 6.07) is 0.814. The van der Waals surface area contributed by atoms with E-state index in [1.807, 2.05) is 0 Å². The molecule has 0 aromatic rings. The molecule has 0 heterocycles. The Morgan fingerprint density at radius 3 is 2.40 bits per heavy atom. The molecule has 0 spiro atoms. The van der Waals surface area contributed by atoms with Gasteiger partial charge in [0.15, 0.2) is 0 Å². The lowest BCUT2D eigenvalue weighted by atomic mass is 9.96. The van der Waals surface area contributed by atoms with Crippen LogP contribution < -0.4 is 4.72 Å². The van der Waals surface area contributed by atoms with Crippen molar-refractivity contribution in [1.82, 2.24) is 4.72 Å². The van der Waals surface area contributed by atoms with Crippen molar-refractivity contribution < 1.29 is 14.6 Å². The fraction of sp³-hybridized carbons (Fsp3) is 0.900. The maximum absolute atomic E-state index is 9.47. The fourth-order valence-electron chi connectivity index (χ4n) is 1.51. The summed E-state index contributed by atoms with van der Waals surface area (Å²) in [5.41, 5.74) is 0. The molecule has 0 atom stereocenters. The molecule has 5 heteroatoms. The van der Waals surface area contributed by atoms with E-state index in [1.165, 1.54) is 39.2 Å². The van der Waals surface area contributed by atoms with Crippen LogP contribution in [0.3, 0.4) is 0 Å². The summed E-state index contributed by atoms with van der Waals surface area (Å²) in [6.07, 6.45) is 9.19. The minimum atomic E-state index is -0.933. The molecule has 0 unspecified atom stereocenters. The van der Waals surface area contributed by atoms with E-state index < -0.39 is 5.97 Å². The summed E-state index contributed by atoms with van der Waals surface area (Å²) in [5.74, 6) is -0.933. The van der Waals surface area contributed by atoms with Crippen molar-refractivity contribution in [1.29, 1.82) is 0 Å². The van der Waals surface area contributed by atoms with Crippen LogP contribution in [-0.4, -0.2) is 37.1 Å². The number of hydrogen-bond acceptors (Lipinski definition) is 4. The highest BCUT2D eigenvalue weighted by molar-refractivity contribution is 7.96. The predicted octanol–water partition coefficient (Wildman–Crippen LogP) is 1.90. The third-order valence-electron chi connectivity index (χ3n) is 2.16. The van der Waals surface area contributed by atoms with Gasteiger partial charge in [0.05, 0.1) is 0 Å². The molecule has 1 saturated carbocycles.